The van der Waals surface area contributed by atoms with Crippen LogP contribution < -0.4 is 75.6 Å². The summed E-state index contributed by atoms with van der Waals surface area (Å²) in [5.41, 5.74) is 23.2. The van der Waals surface area contributed by atoms with E-state index >= 15 is 0 Å². The average molecular weight is 2050 g/mol. The Balaban J connectivity index is 0.000000166. The van der Waals surface area contributed by atoms with Crippen molar-refractivity contribution in [3.8, 4) is 11.5 Å². The summed E-state index contributed by atoms with van der Waals surface area (Å²) in [7, 11) is 12.4. The number of rotatable bonds is 27. The van der Waals surface area contributed by atoms with Gasteiger partial charge in [0.15, 0.2) is 29.2 Å². The second kappa shape index (κ2) is 59.0. The number of thioether (sulfide) groups is 1. The third kappa shape index (κ3) is 33.4. The van der Waals surface area contributed by atoms with Crippen LogP contribution in [-0.2, 0) is 105 Å². The number of hydrogen-bond donors (Lipinski definition) is 9. The van der Waals surface area contributed by atoms with Crippen molar-refractivity contribution in [2.75, 3.05) is 133 Å². The molecule has 19 rings (SSSR count). The lowest BCUT2D eigenvalue weighted by Gasteiger charge is -2.19. The van der Waals surface area contributed by atoms with Crippen molar-refractivity contribution in [2.45, 2.75) is 134 Å². The third-order valence-electron chi connectivity index (χ3n) is 23.1. The average Bonchev–Trinajstić information content (AvgIpc) is 0.794. The number of fused-ring (bicyclic) bond motifs is 6. The summed E-state index contributed by atoms with van der Waals surface area (Å²) in [5.74, 6) is 5.63. The topological polar surface area (TPSA) is 499 Å². The summed E-state index contributed by atoms with van der Waals surface area (Å²) in [4.78, 5) is 125. The molecule has 42 heteroatoms. The molecular formula is C106H123F2N23O16S. The molecule has 0 radical (unpaired) electrons. The Hall–Kier alpha value is -15.8. The van der Waals surface area contributed by atoms with E-state index in [-0.39, 0.29) is 62.4 Å². The summed E-state index contributed by atoms with van der Waals surface area (Å²) < 4.78 is 71.5. The molecule has 0 atom stereocenters. The van der Waals surface area contributed by atoms with Crippen molar-refractivity contribution in [3.05, 3.63) is 350 Å². The third-order valence-corrected chi connectivity index (χ3v) is 23.8. The number of aldehydes is 2. The van der Waals surface area contributed by atoms with Gasteiger partial charge in [-0.1, -0.05) is 95.8 Å². The second-order valence-corrected chi connectivity index (χ2v) is 34.1. The molecule has 0 fully saturated rings. The molecule has 0 amide bonds. The molecule has 0 saturated heterocycles. The first-order chi connectivity index (χ1) is 72.0. The van der Waals surface area contributed by atoms with E-state index in [0.29, 0.717) is 57.5 Å². The first kappa shape index (κ1) is 113. The first-order valence-electron chi connectivity index (χ1n) is 47.5. The van der Waals surface area contributed by atoms with Crippen molar-refractivity contribution < 1.29 is 66.3 Å². The molecule has 10 aromatic heterocycles. The van der Waals surface area contributed by atoms with E-state index in [1.54, 1.807) is 104 Å². The Morgan fingerprint density at radius 3 is 1.30 bits per heavy atom. The number of halogens is 2. The second-order valence-electron chi connectivity index (χ2n) is 33.3. The zero-order valence-electron chi connectivity index (χ0n) is 84.0. The van der Waals surface area contributed by atoms with Gasteiger partial charge >= 0.3 is 22.8 Å². The number of aromatic nitrogens is 14. The number of pyridine rings is 8. The van der Waals surface area contributed by atoms with Crippen LogP contribution in [0.4, 0.5) is 49.6 Å². The number of methoxy groups -OCH3 is 8. The number of ether oxygens (including phenoxy) is 8. The minimum Gasteiger partial charge on any atom is -0.497 e. The van der Waals surface area contributed by atoms with Crippen molar-refractivity contribution >= 4 is 88.2 Å². The number of carbonyl (C=O) groups is 3. The number of ketones is 1. The predicted octanol–water partition coefficient (Wildman–Crippen LogP) is 13.1. The Kier molecular flexibility index (Phi) is 44.8. The van der Waals surface area contributed by atoms with E-state index in [1.165, 1.54) is 137 Å². The Labute approximate surface area is 858 Å². The van der Waals surface area contributed by atoms with E-state index in [1.807, 2.05) is 91.0 Å². The number of hydrogen-bond acceptors (Lipinski definition) is 36. The lowest BCUT2D eigenvalue weighted by molar-refractivity contribution is -0.154. The number of Topliss-reactive ketones (excluding diaryl/α,β-unsaturated/α-hetero) is 1. The number of nitrogens with two attached hydrogens (primary N) is 2. The van der Waals surface area contributed by atoms with Crippen molar-refractivity contribution in [1.82, 2.24) is 68.1 Å². The van der Waals surface area contributed by atoms with Gasteiger partial charge < -0.3 is 86.5 Å². The van der Waals surface area contributed by atoms with Crippen molar-refractivity contribution in [1.29, 1.82) is 0 Å². The molecule has 15 heterocycles. The largest absolute Gasteiger partial charge is 0.497 e. The Bertz CT molecular complexity index is 6940. The van der Waals surface area contributed by atoms with Crippen LogP contribution in [-0.4, -0.2) is 200 Å². The first-order valence-corrected chi connectivity index (χ1v) is 48.7. The molecule has 778 valence electrons. The fraction of sp³-hybridized carbons (Fsp3) is 0.321. The summed E-state index contributed by atoms with van der Waals surface area (Å²) in [6.45, 7) is 7.53. The van der Waals surface area contributed by atoms with Crippen molar-refractivity contribution in [3.63, 3.8) is 0 Å². The molecule has 14 aromatic rings. The summed E-state index contributed by atoms with van der Waals surface area (Å²) in [5, 5.41) is 32.0. The molecule has 0 saturated carbocycles. The molecule has 39 nitrogen and oxygen atoms in total. The van der Waals surface area contributed by atoms with Crippen LogP contribution in [0.25, 0.3) is 11.0 Å². The van der Waals surface area contributed by atoms with E-state index in [2.05, 4.69) is 109 Å². The molecule has 148 heavy (non-hydrogen) atoms. The standard InChI is InChI=1S/C27H27FN6O3.C19H18FN3O3S.C11H16N2O2.C11H12N2O2.C9H11N3O.C9H13N3.C9H10N2O.C6H6N2O.C5H10O3/c1-37-23-12-6-19(7-13-23)16-33-25(30-15-22-11-8-20-3-2-14-29-24(20)31-22)32-26(35)34(27(33)36)17-18-4-9-21(28)10-5-18;1-26-16-9-5-14(6-10-16)12-23-18(27-2)21-17(24)22(19(23)25)11-13-3-7-15(20)8-4-13;2*1-14-11(15-2)9-6-5-8-4-3-7-12-10(8)13-9;13-11-6-8-4-3-7-2-1-5-10-9(7)12-8;10-6-8-4-3-7-2-1-5-11-9(7)12-8;12-6-8-4-3-7-2-1-5-10-9(7)11-8;7-6-5(4-9)2-1-3-8-6;1-4(6)5(7-2)8-3/h4-13H,2-3,14-17H2,1H3,(H,29,31)(H,30,32,35);3-10H,11-12H2,1-2H3;5-6,11H,3-4,7H2,1-2H3,(H,12,13);3-7,11H,1-2H3;3-4,6,13H,1-2,5H2,(H,10,12);3-4H,1-2,5-6,10H2,(H,11,12);3-4,6H,1-2,5H2,(H,10,11);1-4H,(H2,7,8);5H,1-3H3/b;;;;11-6+;;;;. The highest BCUT2D eigenvalue weighted by atomic mass is 32.2. The van der Waals surface area contributed by atoms with E-state index in [9.17, 15) is 42.3 Å². The minimum atomic E-state index is -0.692. The molecule has 11 N–H and O–H groups in total. The maximum absolute atomic E-state index is 13.5. The van der Waals surface area contributed by atoms with Gasteiger partial charge in [0.05, 0.1) is 87.2 Å². The zero-order valence-corrected chi connectivity index (χ0v) is 84.9. The molecule has 0 spiro atoms. The number of aryl methyl sites for hydroxylation is 5. The number of nitrogens with one attached hydrogen (secondary N) is 6. The van der Waals surface area contributed by atoms with Crippen LogP contribution in [0.15, 0.2) is 236 Å². The number of nitrogen functional groups attached to an aromatic ring is 1. The van der Waals surface area contributed by atoms with Gasteiger partial charge in [0.1, 0.15) is 63.7 Å². The van der Waals surface area contributed by atoms with Crippen LogP contribution in [0.2, 0.25) is 0 Å². The van der Waals surface area contributed by atoms with Crippen LogP contribution in [0.5, 0.6) is 11.5 Å². The predicted molar refractivity (Wildman–Crippen MR) is 563 cm³/mol. The molecule has 5 aliphatic rings. The van der Waals surface area contributed by atoms with Crippen molar-refractivity contribution in [2.24, 2.45) is 10.9 Å². The Morgan fingerprint density at radius 2 is 0.865 bits per heavy atom. The Morgan fingerprint density at radius 1 is 0.459 bits per heavy atom. The number of carbonyl (C=O) groups excluding carboxylic acids is 3. The normalized spacial score (nSPS) is 12.6. The highest BCUT2D eigenvalue weighted by Crippen LogP contribution is 2.28. The van der Waals surface area contributed by atoms with Gasteiger partial charge in [0.2, 0.25) is 24.8 Å². The van der Waals surface area contributed by atoms with E-state index in [0.717, 1.165) is 174 Å². The summed E-state index contributed by atoms with van der Waals surface area (Å²) in [6, 6.07) is 56.7. The minimum absolute atomic E-state index is 0.0219. The van der Waals surface area contributed by atoms with Gasteiger partial charge in [-0.2, -0.15) is 9.97 Å². The van der Waals surface area contributed by atoms with Gasteiger partial charge in [-0.15, -0.1) is 0 Å². The maximum atomic E-state index is 13.5. The van der Waals surface area contributed by atoms with Crippen LogP contribution in [0, 0.1) is 11.6 Å². The van der Waals surface area contributed by atoms with Gasteiger partial charge in [0, 0.05) is 99.7 Å². The molecule has 4 aromatic carbocycles. The van der Waals surface area contributed by atoms with Gasteiger partial charge in [0.25, 0.3) is 0 Å². The van der Waals surface area contributed by atoms with Gasteiger partial charge in [-0.05, 0) is 243 Å². The van der Waals surface area contributed by atoms with E-state index < -0.39 is 41.2 Å². The lowest BCUT2D eigenvalue weighted by atomic mass is 10.1. The summed E-state index contributed by atoms with van der Waals surface area (Å²) >= 11 is 1.23. The maximum Gasteiger partial charge on any atom is 0.355 e. The number of anilines is 7. The fourth-order valence-electron chi connectivity index (χ4n) is 15.5. The zero-order chi connectivity index (χ0) is 106. The smallest absolute Gasteiger partial charge is 0.355 e. The highest BCUT2D eigenvalue weighted by Gasteiger charge is 2.22. The fourth-order valence-corrected chi connectivity index (χ4v) is 16.0. The molecule has 0 bridgehead atoms. The molecule has 5 aliphatic heterocycles. The number of benzene rings is 4. The van der Waals surface area contributed by atoms with E-state index in [4.69, 9.17) is 45.1 Å². The van der Waals surface area contributed by atoms with Gasteiger partial charge in [-0.3, -0.25) is 23.5 Å². The SMILES string of the molecule is COC(OC)C(C)=O.COC(OC)c1ccc2c(n1)NCCC2.COC(OC)c1ccc2cccnc2n1.COc1ccc(Cn2c(NCc3ccc4c(n3)NCCC4)nc(=O)n(Cc3ccc(F)cc3)c2=O)cc1.COc1ccc(Cn2c(SC)nc(=O)n(Cc3ccc(F)cc3)c2=O)cc1.NCc1ccc2c(n1)NCCC2.Nc1ncccc1C=O.O/N=C/c1ccc2c(n1)NCCC2.O=Cc1ccc2c(n1)NCCC2. The molecule has 0 unspecified atom stereocenters. The van der Waals surface area contributed by atoms with Crippen LogP contribution >= 0.6 is 11.8 Å². The quantitative estimate of drug-likeness (QED) is 0.00576. The monoisotopic (exact) mass is 2040 g/mol. The van der Waals surface area contributed by atoms with Crippen LogP contribution in [0.1, 0.15) is 151 Å². The molecular weight excluding hydrogens is 1920 g/mol. The molecule has 0 aliphatic carbocycles. The van der Waals surface area contributed by atoms with Gasteiger partial charge in [-0.25, -0.2) is 77.0 Å². The number of nitrogens with zero attached hydrogens (tertiary/aromatic N) is 15. The van der Waals surface area contributed by atoms with Crippen LogP contribution in [0.3, 0.4) is 0 Å². The summed E-state index contributed by atoms with van der Waals surface area (Å²) in [6.07, 6.45) is 17.4. The lowest BCUT2D eigenvalue weighted by Crippen LogP contribution is -2.43. The number of oxime groups is 1. The highest BCUT2D eigenvalue weighted by molar-refractivity contribution is 7.98.